The molecule has 7 nitrogen and oxygen atoms in total. The van der Waals surface area contributed by atoms with Gasteiger partial charge in [-0.05, 0) is 24.7 Å². The molecular formula is C12H21N3O4. The van der Waals surface area contributed by atoms with Crippen LogP contribution < -0.4 is 11.1 Å². The van der Waals surface area contributed by atoms with Crippen LogP contribution in [0.2, 0.25) is 0 Å². The summed E-state index contributed by atoms with van der Waals surface area (Å²) in [7, 11) is 1.63. The van der Waals surface area contributed by atoms with Crippen molar-refractivity contribution in [2.45, 2.75) is 32.2 Å². The summed E-state index contributed by atoms with van der Waals surface area (Å²) in [5.74, 6) is -0.617. The van der Waals surface area contributed by atoms with Gasteiger partial charge in [0.15, 0.2) is 0 Å². The fourth-order valence-corrected chi connectivity index (χ4v) is 1.89. The maximum Gasteiger partial charge on any atom is 0.326 e. The van der Waals surface area contributed by atoms with E-state index in [4.69, 9.17) is 10.8 Å². The molecule has 0 heterocycles. The van der Waals surface area contributed by atoms with Crippen molar-refractivity contribution >= 4 is 17.9 Å². The third-order valence-electron chi connectivity index (χ3n) is 3.41. The molecule has 108 valence electrons. The molecule has 0 aromatic carbocycles. The Kier molecular flexibility index (Phi) is 5.14. The SMILES string of the molecule is CC1CC1CN(C)C(=O)NC(CCC(N)=O)C(=O)O. The van der Waals surface area contributed by atoms with Crippen LogP contribution in [0.4, 0.5) is 4.79 Å². The molecule has 3 unspecified atom stereocenters. The largest absolute Gasteiger partial charge is 0.480 e. The Bertz CT molecular complexity index is 372. The third kappa shape index (κ3) is 5.15. The average molecular weight is 271 g/mol. The standard InChI is InChI=1S/C12H21N3O4/c1-7-5-8(7)6-15(2)12(19)14-9(11(17)18)3-4-10(13)16/h7-9H,3-6H2,1-2H3,(H2,13,16)(H,14,19)(H,17,18). The molecule has 4 N–H and O–H groups in total. The predicted octanol–water partition coefficient (Wildman–Crippen LogP) is 0.00250. The van der Waals surface area contributed by atoms with E-state index in [1.807, 2.05) is 0 Å². The maximum absolute atomic E-state index is 11.8. The highest BCUT2D eigenvalue weighted by molar-refractivity contribution is 5.83. The minimum atomic E-state index is -1.16. The van der Waals surface area contributed by atoms with Crippen LogP contribution in [0.1, 0.15) is 26.2 Å². The molecular weight excluding hydrogens is 250 g/mol. The second kappa shape index (κ2) is 6.40. The van der Waals surface area contributed by atoms with Crippen molar-refractivity contribution in [3.63, 3.8) is 0 Å². The van der Waals surface area contributed by atoms with Gasteiger partial charge in [-0.2, -0.15) is 0 Å². The number of carbonyl (C=O) groups excluding carboxylic acids is 2. The normalized spacial score (nSPS) is 22.4. The van der Waals surface area contributed by atoms with Gasteiger partial charge in [0.25, 0.3) is 0 Å². The summed E-state index contributed by atoms with van der Waals surface area (Å²) in [5, 5.41) is 11.4. The quantitative estimate of drug-likeness (QED) is 0.605. The lowest BCUT2D eigenvalue weighted by molar-refractivity contribution is -0.139. The lowest BCUT2D eigenvalue weighted by Crippen LogP contribution is -2.47. The Morgan fingerprint density at radius 2 is 2.05 bits per heavy atom. The van der Waals surface area contributed by atoms with Crippen LogP contribution >= 0.6 is 0 Å². The molecule has 19 heavy (non-hydrogen) atoms. The number of hydrogen-bond acceptors (Lipinski definition) is 3. The van der Waals surface area contributed by atoms with Gasteiger partial charge in [0.05, 0.1) is 0 Å². The van der Waals surface area contributed by atoms with Crippen LogP contribution in [0.25, 0.3) is 0 Å². The van der Waals surface area contributed by atoms with Crippen molar-refractivity contribution in [3.05, 3.63) is 0 Å². The highest BCUT2D eigenvalue weighted by Gasteiger charge is 2.34. The summed E-state index contributed by atoms with van der Waals surface area (Å²) >= 11 is 0. The van der Waals surface area contributed by atoms with Gasteiger partial charge >= 0.3 is 12.0 Å². The Morgan fingerprint density at radius 1 is 1.47 bits per heavy atom. The van der Waals surface area contributed by atoms with Gasteiger partial charge in [-0.1, -0.05) is 6.92 Å². The Balaban J connectivity index is 2.41. The fraction of sp³-hybridized carbons (Fsp3) is 0.750. The first kappa shape index (κ1) is 15.3. The van der Waals surface area contributed by atoms with Crippen molar-refractivity contribution in [1.29, 1.82) is 0 Å². The van der Waals surface area contributed by atoms with Gasteiger partial charge in [0.2, 0.25) is 5.91 Å². The second-order valence-electron chi connectivity index (χ2n) is 5.20. The van der Waals surface area contributed by atoms with Crippen LogP contribution in [0.15, 0.2) is 0 Å². The van der Waals surface area contributed by atoms with E-state index >= 15 is 0 Å². The van der Waals surface area contributed by atoms with Gasteiger partial charge < -0.3 is 21.1 Å². The zero-order chi connectivity index (χ0) is 14.6. The number of nitrogens with zero attached hydrogens (tertiary/aromatic N) is 1. The van der Waals surface area contributed by atoms with Crippen molar-refractivity contribution in [1.82, 2.24) is 10.2 Å². The number of aliphatic carboxylic acids is 1. The van der Waals surface area contributed by atoms with E-state index in [0.717, 1.165) is 6.42 Å². The lowest BCUT2D eigenvalue weighted by Gasteiger charge is -2.21. The molecule has 1 rings (SSSR count). The van der Waals surface area contributed by atoms with Crippen LogP contribution in [0, 0.1) is 11.8 Å². The number of hydrogen-bond donors (Lipinski definition) is 3. The van der Waals surface area contributed by atoms with Gasteiger partial charge in [0, 0.05) is 20.0 Å². The van der Waals surface area contributed by atoms with E-state index in [2.05, 4.69) is 12.2 Å². The monoisotopic (exact) mass is 271 g/mol. The minimum absolute atomic E-state index is 0.00405. The number of carboxylic acids is 1. The van der Waals surface area contributed by atoms with Crippen molar-refractivity contribution in [2.75, 3.05) is 13.6 Å². The molecule has 0 aliphatic heterocycles. The van der Waals surface area contributed by atoms with E-state index in [9.17, 15) is 14.4 Å². The molecule has 0 aromatic heterocycles. The van der Waals surface area contributed by atoms with Gasteiger partial charge in [-0.3, -0.25) is 4.79 Å². The molecule has 1 saturated carbocycles. The zero-order valence-electron chi connectivity index (χ0n) is 11.3. The van der Waals surface area contributed by atoms with Crippen LogP contribution in [0.3, 0.4) is 0 Å². The van der Waals surface area contributed by atoms with Crippen LogP contribution in [-0.4, -0.2) is 47.5 Å². The number of carbonyl (C=O) groups is 3. The fourth-order valence-electron chi connectivity index (χ4n) is 1.89. The molecule has 0 aromatic rings. The summed E-state index contributed by atoms with van der Waals surface area (Å²) in [5.41, 5.74) is 4.97. The number of primary amides is 1. The minimum Gasteiger partial charge on any atom is -0.480 e. The van der Waals surface area contributed by atoms with E-state index in [1.54, 1.807) is 7.05 Å². The first-order valence-electron chi connectivity index (χ1n) is 6.34. The molecule has 1 aliphatic carbocycles. The predicted molar refractivity (Wildman–Crippen MR) is 68.3 cm³/mol. The molecule has 1 fully saturated rings. The topological polar surface area (TPSA) is 113 Å². The van der Waals surface area contributed by atoms with E-state index < -0.39 is 23.9 Å². The van der Waals surface area contributed by atoms with Crippen molar-refractivity contribution in [2.24, 2.45) is 17.6 Å². The number of urea groups is 1. The summed E-state index contributed by atoms with van der Waals surface area (Å²) in [6, 6.07) is -1.52. The van der Waals surface area contributed by atoms with Gasteiger partial charge in [0.1, 0.15) is 6.04 Å². The summed E-state index contributed by atoms with van der Waals surface area (Å²) < 4.78 is 0. The number of amides is 3. The van der Waals surface area contributed by atoms with Gasteiger partial charge in [-0.25, -0.2) is 9.59 Å². The maximum atomic E-state index is 11.8. The second-order valence-corrected chi connectivity index (χ2v) is 5.20. The molecule has 0 spiro atoms. The number of nitrogens with one attached hydrogen (secondary N) is 1. The number of nitrogens with two attached hydrogens (primary N) is 1. The zero-order valence-corrected chi connectivity index (χ0v) is 11.3. The Labute approximate surface area is 112 Å². The first-order chi connectivity index (χ1) is 8.81. The first-order valence-corrected chi connectivity index (χ1v) is 6.34. The molecule has 1 aliphatic rings. The lowest BCUT2D eigenvalue weighted by atomic mass is 10.1. The van der Waals surface area contributed by atoms with E-state index in [0.29, 0.717) is 18.4 Å². The molecule has 0 bridgehead atoms. The van der Waals surface area contributed by atoms with E-state index in [1.165, 1.54) is 4.90 Å². The highest BCUT2D eigenvalue weighted by atomic mass is 16.4. The molecule has 7 heteroatoms. The van der Waals surface area contributed by atoms with Crippen molar-refractivity contribution < 1.29 is 19.5 Å². The molecule has 0 radical (unpaired) electrons. The average Bonchev–Trinajstić information content (AvgIpc) is 2.98. The Morgan fingerprint density at radius 3 is 2.47 bits per heavy atom. The van der Waals surface area contributed by atoms with Crippen molar-refractivity contribution in [3.8, 4) is 0 Å². The van der Waals surface area contributed by atoms with Gasteiger partial charge in [-0.15, -0.1) is 0 Å². The third-order valence-corrected chi connectivity index (χ3v) is 3.41. The van der Waals surface area contributed by atoms with E-state index in [-0.39, 0.29) is 12.8 Å². The molecule has 0 saturated heterocycles. The summed E-state index contributed by atoms with van der Waals surface area (Å²) in [4.78, 5) is 34.9. The summed E-state index contributed by atoms with van der Waals surface area (Å²) in [6.45, 7) is 2.73. The summed E-state index contributed by atoms with van der Waals surface area (Å²) in [6.07, 6.45) is 1.03. The smallest absolute Gasteiger partial charge is 0.326 e. The van der Waals surface area contributed by atoms with Crippen LogP contribution in [-0.2, 0) is 9.59 Å². The highest BCUT2D eigenvalue weighted by Crippen LogP contribution is 2.37. The number of carboxylic acid groups (broad SMARTS) is 1. The Hall–Kier alpha value is -1.79. The molecule has 3 atom stereocenters. The van der Waals surface area contributed by atoms with Crippen LogP contribution in [0.5, 0.6) is 0 Å². The number of rotatable bonds is 7. The molecule has 3 amide bonds.